The maximum absolute atomic E-state index is 2.48. The zero-order chi connectivity index (χ0) is 27.4. The molecule has 0 atom stereocenters. The summed E-state index contributed by atoms with van der Waals surface area (Å²) < 4.78 is 0. The normalized spacial score (nSPS) is 12.3. The van der Waals surface area contributed by atoms with Gasteiger partial charge in [0.1, 0.15) is 0 Å². The lowest BCUT2D eigenvalue weighted by molar-refractivity contribution is 1.78. The summed E-state index contributed by atoms with van der Waals surface area (Å²) in [5.74, 6) is 0. The minimum absolute atomic E-state index is 1.31. The van der Waals surface area contributed by atoms with Crippen LogP contribution < -0.4 is 0 Å². The van der Waals surface area contributed by atoms with E-state index in [2.05, 4.69) is 146 Å². The van der Waals surface area contributed by atoms with Gasteiger partial charge < -0.3 is 0 Å². The van der Waals surface area contributed by atoms with Crippen LogP contribution in [0.25, 0.3) is 97.0 Å². The van der Waals surface area contributed by atoms with Crippen LogP contribution in [-0.2, 0) is 0 Å². The molecule has 0 aliphatic rings. The predicted octanol–water partition coefficient (Wildman–Crippen LogP) is 12.1. The van der Waals surface area contributed by atoms with Gasteiger partial charge in [-0.2, -0.15) is 0 Å². The molecule has 10 aromatic rings. The van der Waals surface area contributed by atoms with Crippen LogP contribution in [0.1, 0.15) is 0 Å². The summed E-state index contributed by atoms with van der Waals surface area (Å²) in [5.41, 5.74) is 0. The Morgan fingerprint density at radius 2 is 0.262 bits per heavy atom. The van der Waals surface area contributed by atoms with E-state index in [-0.39, 0.29) is 0 Å². The SMILES string of the molecule is c1ccc2c(c1)c1ccccc1c1cc3c(cc21)c1ccccc1c1cc2c4ccccc4c4ccccc4c2cc13. The van der Waals surface area contributed by atoms with Crippen molar-refractivity contribution in [2.45, 2.75) is 0 Å². The van der Waals surface area contributed by atoms with E-state index in [1.807, 2.05) is 0 Å². The minimum Gasteiger partial charge on any atom is -0.0616 e. The summed E-state index contributed by atoms with van der Waals surface area (Å²) in [5, 5.41) is 23.7. The highest BCUT2D eigenvalue weighted by Gasteiger charge is 2.16. The van der Waals surface area contributed by atoms with E-state index in [1.54, 1.807) is 0 Å². The summed E-state index contributed by atoms with van der Waals surface area (Å²) in [6.45, 7) is 0. The van der Waals surface area contributed by atoms with Crippen molar-refractivity contribution in [3.63, 3.8) is 0 Å². The first-order valence-electron chi connectivity index (χ1n) is 14.7. The van der Waals surface area contributed by atoms with Gasteiger partial charge in [0, 0.05) is 0 Å². The van der Waals surface area contributed by atoms with E-state index in [1.165, 1.54) is 97.0 Å². The number of hydrogen-bond donors (Lipinski definition) is 0. The first kappa shape index (κ1) is 22.3. The summed E-state index contributed by atoms with van der Waals surface area (Å²) in [7, 11) is 0. The summed E-state index contributed by atoms with van der Waals surface area (Å²) in [6, 6.07) is 54.3. The van der Waals surface area contributed by atoms with Crippen LogP contribution >= 0.6 is 0 Å². The maximum atomic E-state index is 2.48. The molecular formula is C42H24. The van der Waals surface area contributed by atoms with Crippen LogP contribution in [0.5, 0.6) is 0 Å². The Hall–Kier alpha value is -5.46. The van der Waals surface area contributed by atoms with Crippen LogP contribution in [0, 0.1) is 0 Å². The van der Waals surface area contributed by atoms with Gasteiger partial charge in [-0.3, -0.25) is 0 Å². The number of rotatable bonds is 0. The second kappa shape index (κ2) is 8.06. The molecule has 0 heterocycles. The van der Waals surface area contributed by atoms with Gasteiger partial charge in [-0.15, -0.1) is 0 Å². The molecule has 0 heteroatoms. The molecular weight excluding hydrogens is 504 g/mol. The van der Waals surface area contributed by atoms with Gasteiger partial charge >= 0.3 is 0 Å². The molecule has 0 nitrogen and oxygen atoms in total. The second-order valence-corrected chi connectivity index (χ2v) is 11.6. The molecule has 192 valence electrons. The van der Waals surface area contributed by atoms with E-state index >= 15 is 0 Å². The Kier molecular flexibility index (Phi) is 4.27. The highest BCUT2D eigenvalue weighted by molar-refractivity contribution is 6.36. The molecule has 0 bridgehead atoms. The van der Waals surface area contributed by atoms with Crippen LogP contribution in [0.15, 0.2) is 146 Å². The molecule has 0 fully saturated rings. The van der Waals surface area contributed by atoms with Gasteiger partial charge in [-0.25, -0.2) is 0 Å². The van der Waals surface area contributed by atoms with Crippen molar-refractivity contribution < 1.29 is 0 Å². The second-order valence-electron chi connectivity index (χ2n) is 11.6. The fraction of sp³-hybridized carbons (Fsp3) is 0. The lowest BCUT2D eigenvalue weighted by Crippen LogP contribution is -1.89. The van der Waals surface area contributed by atoms with Gasteiger partial charge in [0.2, 0.25) is 0 Å². The number of benzene rings is 10. The van der Waals surface area contributed by atoms with Gasteiger partial charge in [-0.1, -0.05) is 121 Å². The highest BCUT2D eigenvalue weighted by Crippen LogP contribution is 2.44. The van der Waals surface area contributed by atoms with E-state index in [0.717, 1.165) is 0 Å². The van der Waals surface area contributed by atoms with Crippen molar-refractivity contribution in [3.8, 4) is 0 Å². The molecule has 0 saturated heterocycles. The Bertz CT molecular complexity index is 2590. The Labute approximate surface area is 242 Å². The molecule has 0 spiro atoms. The van der Waals surface area contributed by atoms with Gasteiger partial charge in [-0.05, 0) is 121 Å². The molecule has 0 amide bonds. The van der Waals surface area contributed by atoms with E-state index in [0.29, 0.717) is 0 Å². The van der Waals surface area contributed by atoms with Crippen molar-refractivity contribution in [1.29, 1.82) is 0 Å². The topological polar surface area (TPSA) is 0 Å². The largest absolute Gasteiger partial charge is 0.0616 e. The average molecular weight is 529 g/mol. The molecule has 0 unspecified atom stereocenters. The number of fused-ring (bicyclic) bond motifs is 18. The fourth-order valence-electron chi connectivity index (χ4n) is 7.75. The smallest absolute Gasteiger partial charge is 0.00921 e. The summed E-state index contributed by atoms with van der Waals surface area (Å²) in [6.07, 6.45) is 0. The molecule has 10 aromatic carbocycles. The highest BCUT2D eigenvalue weighted by atomic mass is 14.2. The quantitative estimate of drug-likeness (QED) is 0.136. The zero-order valence-corrected chi connectivity index (χ0v) is 22.9. The molecule has 0 radical (unpaired) electrons. The molecule has 10 rings (SSSR count). The standard InChI is InChI=1S/C42H24/c1-5-15-29-25(11-1)27-13-3-7-17-31(27)37-23-41-39(21-35(29)37)33-19-9-10-20-34(33)40-22-36-30-16-6-2-12-26(30)28-14-4-8-18-32(28)38(36)24-42(40)41/h1-24H. The van der Waals surface area contributed by atoms with E-state index < -0.39 is 0 Å². The van der Waals surface area contributed by atoms with Gasteiger partial charge in [0.05, 0.1) is 0 Å². The third-order valence-electron chi connectivity index (χ3n) is 9.56. The first-order valence-corrected chi connectivity index (χ1v) is 14.7. The van der Waals surface area contributed by atoms with Crippen LogP contribution in [0.2, 0.25) is 0 Å². The summed E-state index contributed by atoms with van der Waals surface area (Å²) in [4.78, 5) is 0. The minimum atomic E-state index is 1.31. The summed E-state index contributed by atoms with van der Waals surface area (Å²) >= 11 is 0. The molecule has 0 saturated carbocycles. The Morgan fingerprint density at radius 3 is 0.429 bits per heavy atom. The van der Waals surface area contributed by atoms with Crippen LogP contribution in [-0.4, -0.2) is 0 Å². The lowest BCUT2D eigenvalue weighted by Gasteiger charge is -2.17. The molecule has 0 N–H and O–H groups in total. The van der Waals surface area contributed by atoms with Crippen molar-refractivity contribution >= 4 is 97.0 Å². The Balaban J connectivity index is 1.51. The van der Waals surface area contributed by atoms with Crippen molar-refractivity contribution in [2.24, 2.45) is 0 Å². The van der Waals surface area contributed by atoms with Gasteiger partial charge in [0.25, 0.3) is 0 Å². The van der Waals surface area contributed by atoms with Crippen molar-refractivity contribution in [1.82, 2.24) is 0 Å². The third kappa shape index (κ3) is 2.81. The molecule has 0 aliphatic heterocycles. The van der Waals surface area contributed by atoms with Gasteiger partial charge in [0.15, 0.2) is 0 Å². The fourth-order valence-corrected chi connectivity index (χ4v) is 7.75. The number of hydrogen-bond acceptors (Lipinski definition) is 0. The Morgan fingerprint density at radius 1 is 0.143 bits per heavy atom. The predicted molar refractivity (Wildman–Crippen MR) is 184 cm³/mol. The van der Waals surface area contributed by atoms with E-state index in [9.17, 15) is 0 Å². The lowest BCUT2D eigenvalue weighted by atomic mass is 9.86. The average Bonchev–Trinajstić information content (AvgIpc) is 3.07. The van der Waals surface area contributed by atoms with Crippen LogP contribution in [0.4, 0.5) is 0 Å². The monoisotopic (exact) mass is 528 g/mol. The third-order valence-corrected chi connectivity index (χ3v) is 9.56. The van der Waals surface area contributed by atoms with Crippen LogP contribution in [0.3, 0.4) is 0 Å². The van der Waals surface area contributed by atoms with E-state index in [4.69, 9.17) is 0 Å². The zero-order valence-electron chi connectivity index (χ0n) is 22.9. The van der Waals surface area contributed by atoms with Crippen molar-refractivity contribution in [2.75, 3.05) is 0 Å². The molecule has 0 aliphatic carbocycles. The molecule has 42 heavy (non-hydrogen) atoms. The van der Waals surface area contributed by atoms with Crippen molar-refractivity contribution in [3.05, 3.63) is 146 Å². The molecule has 0 aromatic heterocycles. The maximum Gasteiger partial charge on any atom is -0.00921 e. The first-order chi connectivity index (χ1) is 20.8.